The van der Waals surface area contributed by atoms with Crippen LogP contribution in [-0.2, 0) is 0 Å². The van der Waals surface area contributed by atoms with Gasteiger partial charge in [-0.15, -0.1) is 11.3 Å². The van der Waals surface area contributed by atoms with Crippen LogP contribution in [0.2, 0.25) is 0 Å². The molecule has 1 aromatic heterocycles. The molecule has 0 atom stereocenters. The molecule has 0 fully saturated rings. The molecule has 2 rings (SSSR count). The van der Waals surface area contributed by atoms with Gasteiger partial charge in [-0.25, -0.2) is 8.78 Å². The summed E-state index contributed by atoms with van der Waals surface area (Å²) in [5.74, 6) is 0. The summed E-state index contributed by atoms with van der Waals surface area (Å²) < 4.78 is 25.8. The molecule has 0 unspecified atom stereocenters. The van der Waals surface area contributed by atoms with E-state index in [0.29, 0.717) is 15.8 Å². The lowest BCUT2D eigenvalue weighted by atomic mass is 10.1. The smallest absolute Gasteiger partial charge is 0.264 e. The second-order valence-electron chi connectivity index (χ2n) is 2.93. The zero-order chi connectivity index (χ0) is 10.3. The van der Waals surface area contributed by atoms with Gasteiger partial charge >= 0.3 is 0 Å². The quantitative estimate of drug-likeness (QED) is 0.717. The minimum atomic E-state index is -2.52. The van der Waals surface area contributed by atoms with E-state index in [1.165, 1.54) is 17.4 Å². The van der Waals surface area contributed by atoms with E-state index in [1.807, 2.05) is 0 Å². The minimum absolute atomic E-state index is 0.0482. The van der Waals surface area contributed by atoms with Gasteiger partial charge < -0.3 is 11.5 Å². The third-order valence-electron chi connectivity index (χ3n) is 2.08. The summed E-state index contributed by atoms with van der Waals surface area (Å²) in [6, 6.07) is 2.88. The molecule has 0 aliphatic carbocycles. The molecule has 2 nitrogen and oxygen atoms in total. The van der Waals surface area contributed by atoms with Crippen LogP contribution in [0.5, 0.6) is 0 Å². The molecule has 0 bridgehead atoms. The van der Waals surface area contributed by atoms with Gasteiger partial charge in [-0.2, -0.15) is 0 Å². The van der Waals surface area contributed by atoms with Gasteiger partial charge in [0, 0.05) is 10.9 Å². The second-order valence-corrected chi connectivity index (χ2v) is 3.85. The third-order valence-corrected chi connectivity index (χ3v) is 3.03. The number of halogens is 2. The molecule has 0 aliphatic heterocycles. The summed E-state index contributed by atoms with van der Waals surface area (Å²) in [4.78, 5) is 0. The van der Waals surface area contributed by atoms with Crippen LogP contribution < -0.4 is 11.5 Å². The maximum Gasteiger partial charge on any atom is 0.264 e. The van der Waals surface area contributed by atoms with E-state index in [4.69, 9.17) is 11.5 Å². The van der Waals surface area contributed by atoms with E-state index < -0.39 is 6.43 Å². The maximum atomic E-state index is 12.6. The van der Waals surface area contributed by atoms with E-state index in [2.05, 4.69) is 0 Å². The maximum absolute atomic E-state index is 12.6. The minimum Gasteiger partial charge on any atom is -0.397 e. The van der Waals surface area contributed by atoms with Gasteiger partial charge in [-0.05, 0) is 17.5 Å². The summed E-state index contributed by atoms with van der Waals surface area (Å²) in [5, 5.41) is 2.23. The van der Waals surface area contributed by atoms with E-state index in [-0.39, 0.29) is 11.3 Å². The van der Waals surface area contributed by atoms with Gasteiger partial charge in [0.2, 0.25) is 0 Å². The lowest BCUT2D eigenvalue weighted by Crippen LogP contribution is -1.97. The molecule has 1 aromatic carbocycles. The predicted octanol–water partition coefficient (Wildman–Crippen LogP) is 3.00. The topological polar surface area (TPSA) is 52.0 Å². The Kier molecular flexibility index (Phi) is 2.03. The third kappa shape index (κ3) is 1.21. The summed E-state index contributed by atoms with van der Waals surface area (Å²) in [7, 11) is 0. The van der Waals surface area contributed by atoms with Crippen LogP contribution in [0.25, 0.3) is 10.1 Å². The lowest BCUT2D eigenvalue weighted by Gasteiger charge is -2.07. The number of anilines is 2. The molecule has 2 aromatic rings. The first kappa shape index (κ1) is 9.21. The zero-order valence-electron chi connectivity index (χ0n) is 7.13. The number of benzene rings is 1. The van der Waals surface area contributed by atoms with Crippen molar-refractivity contribution in [2.75, 3.05) is 11.5 Å². The van der Waals surface area contributed by atoms with Crippen molar-refractivity contribution in [1.29, 1.82) is 0 Å². The molecule has 14 heavy (non-hydrogen) atoms. The molecule has 0 saturated carbocycles. The highest BCUT2D eigenvalue weighted by molar-refractivity contribution is 7.18. The van der Waals surface area contributed by atoms with E-state index in [0.717, 1.165) is 0 Å². The molecule has 4 N–H and O–H groups in total. The average Bonchev–Trinajstić information content (AvgIpc) is 2.59. The highest BCUT2D eigenvalue weighted by Gasteiger charge is 2.15. The van der Waals surface area contributed by atoms with Crippen molar-refractivity contribution in [1.82, 2.24) is 0 Å². The molecular formula is C9H8F2N2S. The zero-order valence-corrected chi connectivity index (χ0v) is 7.94. The number of thiophene rings is 1. The number of nitrogens with two attached hydrogens (primary N) is 2. The summed E-state index contributed by atoms with van der Waals surface area (Å²) in [5.41, 5.74) is 11.8. The Morgan fingerprint density at radius 1 is 1.29 bits per heavy atom. The molecule has 5 heteroatoms. The Hall–Kier alpha value is -1.36. The Bertz CT molecular complexity index is 479. The Morgan fingerprint density at radius 3 is 2.64 bits per heavy atom. The van der Waals surface area contributed by atoms with Crippen LogP contribution in [0.3, 0.4) is 0 Å². The number of nitrogen functional groups attached to an aromatic ring is 2. The Balaban J connectivity index is 2.84. The van der Waals surface area contributed by atoms with Gasteiger partial charge in [0.1, 0.15) is 0 Å². The summed E-state index contributed by atoms with van der Waals surface area (Å²) >= 11 is 1.32. The van der Waals surface area contributed by atoms with Crippen molar-refractivity contribution in [3.63, 3.8) is 0 Å². The van der Waals surface area contributed by atoms with Gasteiger partial charge in [-0.1, -0.05) is 0 Å². The van der Waals surface area contributed by atoms with Gasteiger partial charge in [0.05, 0.1) is 16.1 Å². The molecule has 0 radical (unpaired) electrons. The normalized spacial score (nSPS) is 11.4. The number of fused-ring (bicyclic) bond motifs is 1. The van der Waals surface area contributed by atoms with Crippen LogP contribution in [0.1, 0.15) is 12.0 Å². The standard InChI is InChI=1S/C9H8F2N2S/c10-9(11)5-3-6(12)7(13)8-4(5)1-2-14-8/h1-3,9H,12-13H2. The first-order chi connectivity index (χ1) is 6.61. The molecule has 0 saturated heterocycles. The van der Waals surface area contributed by atoms with Crippen LogP contribution in [-0.4, -0.2) is 0 Å². The SMILES string of the molecule is Nc1cc(C(F)F)c2ccsc2c1N. The van der Waals surface area contributed by atoms with Crippen molar-refractivity contribution in [2.45, 2.75) is 6.43 Å². The number of hydrogen-bond donors (Lipinski definition) is 2. The largest absolute Gasteiger partial charge is 0.397 e. The van der Waals surface area contributed by atoms with E-state index >= 15 is 0 Å². The van der Waals surface area contributed by atoms with Gasteiger partial charge in [0.15, 0.2) is 0 Å². The second kappa shape index (κ2) is 3.09. The van der Waals surface area contributed by atoms with Crippen molar-refractivity contribution in [3.8, 4) is 0 Å². The summed E-state index contributed by atoms with van der Waals surface area (Å²) in [6.07, 6.45) is -2.52. The number of hydrogen-bond acceptors (Lipinski definition) is 3. The lowest BCUT2D eigenvalue weighted by molar-refractivity contribution is 0.153. The van der Waals surface area contributed by atoms with Crippen molar-refractivity contribution in [2.24, 2.45) is 0 Å². The first-order valence-electron chi connectivity index (χ1n) is 3.94. The molecule has 0 amide bonds. The van der Waals surface area contributed by atoms with Crippen LogP contribution in [0, 0.1) is 0 Å². The fourth-order valence-corrected chi connectivity index (χ4v) is 2.28. The highest BCUT2D eigenvalue weighted by Crippen LogP contribution is 2.37. The van der Waals surface area contributed by atoms with E-state index in [1.54, 1.807) is 11.4 Å². The number of rotatable bonds is 1. The average molecular weight is 214 g/mol. The van der Waals surface area contributed by atoms with Gasteiger partial charge in [-0.3, -0.25) is 0 Å². The molecule has 74 valence electrons. The highest BCUT2D eigenvalue weighted by atomic mass is 32.1. The summed E-state index contributed by atoms with van der Waals surface area (Å²) in [6.45, 7) is 0. The fourth-order valence-electron chi connectivity index (χ4n) is 1.38. The van der Waals surface area contributed by atoms with E-state index in [9.17, 15) is 8.78 Å². The molecule has 1 heterocycles. The first-order valence-corrected chi connectivity index (χ1v) is 4.82. The monoisotopic (exact) mass is 214 g/mol. The predicted molar refractivity (Wildman–Crippen MR) is 55.6 cm³/mol. The van der Waals surface area contributed by atoms with Crippen LogP contribution in [0.15, 0.2) is 17.5 Å². The van der Waals surface area contributed by atoms with Crippen molar-refractivity contribution >= 4 is 32.8 Å². The molecule has 0 spiro atoms. The van der Waals surface area contributed by atoms with Crippen molar-refractivity contribution in [3.05, 3.63) is 23.1 Å². The molecule has 0 aliphatic rings. The van der Waals surface area contributed by atoms with Crippen LogP contribution in [0.4, 0.5) is 20.2 Å². The van der Waals surface area contributed by atoms with Gasteiger partial charge in [0.25, 0.3) is 6.43 Å². The fraction of sp³-hybridized carbons (Fsp3) is 0.111. The van der Waals surface area contributed by atoms with Crippen LogP contribution >= 0.6 is 11.3 Å². The molecular weight excluding hydrogens is 206 g/mol. The Morgan fingerprint density at radius 2 is 2.00 bits per heavy atom. The number of alkyl halides is 2. The Labute approximate surface area is 83.1 Å². The van der Waals surface area contributed by atoms with Crippen molar-refractivity contribution < 1.29 is 8.78 Å².